The number of hydrogen-bond donors (Lipinski definition) is 1. The molecule has 1 aliphatic rings. The van der Waals surface area contributed by atoms with E-state index in [2.05, 4.69) is 16.8 Å². The van der Waals surface area contributed by atoms with Crippen molar-refractivity contribution in [2.75, 3.05) is 13.2 Å². The van der Waals surface area contributed by atoms with E-state index in [0.29, 0.717) is 12.6 Å². The summed E-state index contributed by atoms with van der Waals surface area (Å²) in [5.74, 6) is 0.920. The molecule has 106 valence electrons. The summed E-state index contributed by atoms with van der Waals surface area (Å²) >= 11 is 1.75. The smallest absolute Gasteiger partial charge is 0.128 e. The number of thiazole rings is 1. The lowest BCUT2D eigenvalue weighted by Gasteiger charge is -2.21. The molecule has 1 aliphatic heterocycles. The number of ether oxygens (including phenoxy) is 1. The van der Waals surface area contributed by atoms with Crippen molar-refractivity contribution in [2.45, 2.75) is 32.2 Å². The Hall–Kier alpha value is -1.39. The van der Waals surface area contributed by atoms with Crippen molar-refractivity contribution < 1.29 is 4.74 Å². The quantitative estimate of drug-likeness (QED) is 0.922. The third-order valence-corrected chi connectivity index (χ3v) is 4.55. The van der Waals surface area contributed by atoms with Crippen LogP contribution in [0, 0.1) is 0 Å². The first kappa shape index (κ1) is 13.6. The van der Waals surface area contributed by atoms with E-state index < -0.39 is 0 Å². The van der Waals surface area contributed by atoms with Crippen molar-refractivity contribution in [2.24, 2.45) is 0 Å². The summed E-state index contributed by atoms with van der Waals surface area (Å²) in [7, 11) is 0. The van der Waals surface area contributed by atoms with Gasteiger partial charge in [0.2, 0.25) is 0 Å². The van der Waals surface area contributed by atoms with Crippen LogP contribution in [0.1, 0.15) is 37.2 Å². The van der Waals surface area contributed by atoms with Gasteiger partial charge in [-0.25, -0.2) is 4.98 Å². The average Bonchev–Trinajstić information content (AvgIpc) is 2.99. The van der Waals surface area contributed by atoms with Crippen molar-refractivity contribution >= 4 is 11.3 Å². The topological polar surface area (TPSA) is 34.1 Å². The molecule has 3 nitrogen and oxygen atoms in total. The van der Waals surface area contributed by atoms with Crippen LogP contribution in [0.5, 0.6) is 5.75 Å². The summed E-state index contributed by atoms with van der Waals surface area (Å²) in [4.78, 5) is 4.82. The van der Waals surface area contributed by atoms with Gasteiger partial charge in [0.1, 0.15) is 10.8 Å². The monoisotopic (exact) mass is 288 g/mol. The van der Waals surface area contributed by atoms with Crippen LogP contribution in [0.4, 0.5) is 0 Å². The number of benzene rings is 1. The van der Waals surface area contributed by atoms with Crippen LogP contribution in [0.25, 0.3) is 11.3 Å². The van der Waals surface area contributed by atoms with Crippen LogP contribution in [0.2, 0.25) is 0 Å². The Morgan fingerprint density at radius 3 is 3.05 bits per heavy atom. The summed E-state index contributed by atoms with van der Waals surface area (Å²) in [6.07, 6.45) is 3.77. The molecular weight excluding hydrogens is 268 g/mol. The van der Waals surface area contributed by atoms with E-state index in [1.807, 2.05) is 25.1 Å². The molecule has 1 aromatic carbocycles. The highest BCUT2D eigenvalue weighted by atomic mass is 32.1. The van der Waals surface area contributed by atoms with Gasteiger partial charge in [0.05, 0.1) is 18.3 Å². The Labute approximate surface area is 124 Å². The normalized spacial score (nSPS) is 18.9. The number of hydrogen-bond acceptors (Lipinski definition) is 4. The molecule has 1 atom stereocenters. The van der Waals surface area contributed by atoms with E-state index >= 15 is 0 Å². The summed E-state index contributed by atoms with van der Waals surface area (Å²) in [6.45, 7) is 3.79. The highest BCUT2D eigenvalue weighted by Crippen LogP contribution is 2.33. The Kier molecular flexibility index (Phi) is 4.33. The molecule has 1 N–H and O–H groups in total. The minimum atomic E-state index is 0.432. The second-order valence-corrected chi connectivity index (χ2v) is 5.89. The molecule has 0 saturated carbocycles. The van der Waals surface area contributed by atoms with Crippen molar-refractivity contribution in [1.82, 2.24) is 10.3 Å². The van der Waals surface area contributed by atoms with Gasteiger partial charge in [0, 0.05) is 10.9 Å². The van der Waals surface area contributed by atoms with Gasteiger partial charge in [-0.1, -0.05) is 18.6 Å². The average molecular weight is 288 g/mol. The second-order valence-electron chi connectivity index (χ2n) is 5.00. The highest BCUT2D eigenvalue weighted by molar-refractivity contribution is 7.10. The molecule has 1 saturated heterocycles. The van der Waals surface area contributed by atoms with Gasteiger partial charge in [-0.05, 0) is 38.4 Å². The third-order valence-electron chi connectivity index (χ3n) is 3.59. The Balaban J connectivity index is 1.86. The molecule has 0 amide bonds. The molecular formula is C16H20N2OS. The molecule has 0 spiro atoms. The molecule has 2 aromatic rings. The fraction of sp³-hybridized carbons (Fsp3) is 0.438. The van der Waals surface area contributed by atoms with Crippen LogP contribution in [-0.4, -0.2) is 18.1 Å². The number of nitrogens with zero attached hydrogens (tertiary/aromatic N) is 1. The maximum Gasteiger partial charge on any atom is 0.128 e. The van der Waals surface area contributed by atoms with Crippen LogP contribution >= 0.6 is 11.3 Å². The molecule has 1 fully saturated rings. The predicted molar refractivity (Wildman–Crippen MR) is 83.3 cm³/mol. The first-order chi connectivity index (χ1) is 9.88. The Morgan fingerprint density at radius 2 is 2.25 bits per heavy atom. The third kappa shape index (κ3) is 2.86. The van der Waals surface area contributed by atoms with E-state index in [0.717, 1.165) is 23.6 Å². The van der Waals surface area contributed by atoms with Crippen molar-refractivity contribution in [3.8, 4) is 17.0 Å². The molecule has 20 heavy (non-hydrogen) atoms. The minimum Gasteiger partial charge on any atom is -0.493 e. The predicted octanol–water partition coefficient (Wildman–Crippen LogP) is 4.02. The van der Waals surface area contributed by atoms with Crippen molar-refractivity contribution in [3.05, 3.63) is 34.7 Å². The second kappa shape index (κ2) is 6.37. The summed E-state index contributed by atoms with van der Waals surface area (Å²) in [5, 5.41) is 6.90. The molecule has 1 unspecified atom stereocenters. The molecule has 1 aromatic heterocycles. The number of aromatic nitrogens is 1. The van der Waals surface area contributed by atoms with Crippen LogP contribution in [0.15, 0.2) is 29.6 Å². The van der Waals surface area contributed by atoms with Gasteiger partial charge >= 0.3 is 0 Å². The maximum atomic E-state index is 5.70. The molecule has 4 heteroatoms. The standard InChI is InChI=1S/C16H20N2OS/c1-2-19-15-9-4-3-7-12(15)14-11-20-16(18-14)13-8-5-6-10-17-13/h3-4,7,9,11,13,17H,2,5-6,8,10H2,1H3. The zero-order valence-corrected chi connectivity index (χ0v) is 12.6. The molecule has 0 bridgehead atoms. The van der Waals surface area contributed by atoms with Gasteiger partial charge in [0.15, 0.2) is 0 Å². The zero-order chi connectivity index (χ0) is 13.8. The van der Waals surface area contributed by atoms with Crippen molar-refractivity contribution in [3.63, 3.8) is 0 Å². The van der Waals surface area contributed by atoms with E-state index in [1.165, 1.54) is 24.3 Å². The van der Waals surface area contributed by atoms with E-state index in [4.69, 9.17) is 9.72 Å². The van der Waals surface area contributed by atoms with Crippen LogP contribution in [0.3, 0.4) is 0 Å². The Bertz CT molecular complexity index is 561. The van der Waals surface area contributed by atoms with Gasteiger partial charge in [-0.2, -0.15) is 0 Å². The fourth-order valence-electron chi connectivity index (χ4n) is 2.59. The first-order valence-corrected chi connectivity index (χ1v) is 8.17. The van der Waals surface area contributed by atoms with Gasteiger partial charge < -0.3 is 10.1 Å². The molecule has 0 radical (unpaired) electrons. The number of para-hydroxylation sites is 1. The first-order valence-electron chi connectivity index (χ1n) is 7.29. The zero-order valence-electron chi connectivity index (χ0n) is 11.8. The molecule has 3 rings (SSSR count). The summed E-state index contributed by atoms with van der Waals surface area (Å²) in [6, 6.07) is 8.57. The van der Waals surface area contributed by atoms with Crippen LogP contribution in [-0.2, 0) is 0 Å². The SMILES string of the molecule is CCOc1ccccc1-c1csc(C2CCCCN2)n1. The van der Waals surface area contributed by atoms with E-state index in [9.17, 15) is 0 Å². The van der Waals surface area contributed by atoms with E-state index in [-0.39, 0.29) is 0 Å². The highest BCUT2D eigenvalue weighted by Gasteiger charge is 2.19. The minimum absolute atomic E-state index is 0.432. The van der Waals surface area contributed by atoms with Crippen LogP contribution < -0.4 is 10.1 Å². The van der Waals surface area contributed by atoms with Gasteiger partial charge in [0.25, 0.3) is 0 Å². The number of rotatable bonds is 4. The maximum absolute atomic E-state index is 5.70. The van der Waals surface area contributed by atoms with Gasteiger partial charge in [-0.3, -0.25) is 0 Å². The lowest BCUT2D eigenvalue weighted by atomic mass is 10.1. The molecule has 0 aliphatic carbocycles. The summed E-state index contributed by atoms with van der Waals surface area (Å²) < 4.78 is 5.70. The van der Waals surface area contributed by atoms with Crippen molar-refractivity contribution in [1.29, 1.82) is 0 Å². The largest absolute Gasteiger partial charge is 0.493 e. The number of piperidine rings is 1. The lowest BCUT2D eigenvalue weighted by Crippen LogP contribution is -2.26. The van der Waals surface area contributed by atoms with Gasteiger partial charge in [-0.15, -0.1) is 11.3 Å². The summed E-state index contributed by atoms with van der Waals surface area (Å²) in [5.41, 5.74) is 2.12. The van der Waals surface area contributed by atoms with E-state index in [1.54, 1.807) is 11.3 Å². The molecule has 2 heterocycles. The Morgan fingerprint density at radius 1 is 1.35 bits per heavy atom. The number of nitrogens with one attached hydrogen (secondary N) is 1. The fourth-order valence-corrected chi connectivity index (χ4v) is 3.52. The lowest BCUT2D eigenvalue weighted by molar-refractivity contribution is 0.341.